The Morgan fingerprint density at radius 2 is 2.06 bits per heavy atom. The molecule has 0 atom stereocenters. The largest absolute Gasteiger partial charge is 0.354 e. The maximum atomic E-state index is 9.11. The monoisotopic (exact) mass is 318 g/mol. The Morgan fingerprint density at radius 1 is 1.22 bits per heavy atom. The second-order valence-electron chi connectivity index (χ2n) is 3.66. The van der Waals surface area contributed by atoms with Gasteiger partial charge in [0.2, 0.25) is 0 Å². The highest BCUT2D eigenvalue weighted by Crippen LogP contribution is 2.26. The van der Waals surface area contributed by atoms with E-state index in [-0.39, 0.29) is 0 Å². The molecule has 0 aliphatic rings. The molecule has 0 heterocycles. The molecule has 0 radical (unpaired) electrons. The summed E-state index contributed by atoms with van der Waals surface area (Å²) >= 11 is 5.06. The summed E-state index contributed by atoms with van der Waals surface area (Å²) in [5.74, 6) is 0. The molecule has 0 saturated heterocycles. The standard InChI is InChI=1S/C14H11BrN2S/c1-18-13-4-2-3-12(8-13)17-14-6-5-11(15)7-10(14)9-16/h2-8,17H,1H3. The molecular weight excluding hydrogens is 308 g/mol. The Balaban J connectivity index is 2.31. The third-order valence-corrected chi connectivity index (χ3v) is 3.67. The number of hydrogen-bond donors (Lipinski definition) is 1. The molecule has 2 rings (SSSR count). The molecule has 0 bridgehead atoms. The lowest BCUT2D eigenvalue weighted by atomic mass is 10.2. The quantitative estimate of drug-likeness (QED) is 0.827. The maximum absolute atomic E-state index is 9.11. The van der Waals surface area contributed by atoms with Crippen LogP contribution in [0.3, 0.4) is 0 Å². The Bertz CT molecular complexity index is 605. The molecule has 1 N–H and O–H groups in total. The van der Waals surface area contributed by atoms with E-state index < -0.39 is 0 Å². The van der Waals surface area contributed by atoms with E-state index in [1.807, 2.05) is 30.5 Å². The zero-order valence-electron chi connectivity index (χ0n) is 9.77. The average molecular weight is 319 g/mol. The van der Waals surface area contributed by atoms with Gasteiger partial charge in [0.1, 0.15) is 6.07 Å². The molecule has 0 unspecified atom stereocenters. The van der Waals surface area contributed by atoms with Crippen LogP contribution < -0.4 is 5.32 Å². The van der Waals surface area contributed by atoms with E-state index in [1.54, 1.807) is 17.8 Å². The third kappa shape index (κ3) is 3.06. The van der Waals surface area contributed by atoms with Crippen molar-refractivity contribution < 1.29 is 0 Å². The highest BCUT2D eigenvalue weighted by molar-refractivity contribution is 9.10. The van der Waals surface area contributed by atoms with Crippen LogP contribution in [-0.2, 0) is 0 Å². The summed E-state index contributed by atoms with van der Waals surface area (Å²) in [5.41, 5.74) is 2.43. The minimum atomic E-state index is 0.624. The van der Waals surface area contributed by atoms with Gasteiger partial charge in [-0.2, -0.15) is 5.26 Å². The minimum absolute atomic E-state index is 0.624. The van der Waals surface area contributed by atoms with Crippen LogP contribution in [0, 0.1) is 11.3 Å². The van der Waals surface area contributed by atoms with Crippen molar-refractivity contribution in [3.63, 3.8) is 0 Å². The molecule has 90 valence electrons. The summed E-state index contributed by atoms with van der Waals surface area (Å²) in [5, 5.41) is 12.4. The lowest BCUT2D eigenvalue weighted by Crippen LogP contribution is -1.93. The van der Waals surface area contributed by atoms with Crippen molar-refractivity contribution in [1.82, 2.24) is 0 Å². The van der Waals surface area contributed by atoms with Crippen LogP contribution in [0.1, 0.15) is 5.56 Å². The molecule has 2 aromatic carbocycles. The first kappa shape index (κ1) is 13.0. The Hall–Kier alpha value is -1.44. The molecule has 0 saturated carbocycles. The van der Waals surface area contributed by atoms with Gasteiger partial charge in [-0.1, -0.05) is 22.0 Å². The maximum Gasteiger partial charge on any atom is 0.101 e. The van der Waals surface area contributed by atoms with Crippen LogP contribution in [0.2, 0.25) is 0 Å². The van der Waals surface area contributed by atoms with Gasteiger partial charge in [0.05, 0.1) is 11.3 Å². The van der Waals surface area contributed by atoms with E-state index in [2.05, 4.69) is 39.4 Å². The summed E-state index contributed by atoms with van der Waals surface area (Å²) in [6.45, 7) is 0. The molecule has 2 aromatic rings. The fraction of sp³-hybridized carbons (Fsp3) is 0.0714. The van der Waals surface area contributed by atoms with Gasteiger partial charge in [-0.3, -0.25) is 0 Å². The van der Waals surface area contributed by atoms with Crippen LogP contribution in [0.25, 0.3) is 0 Å². The van der Waals surface area contributed by atoms with E-state index in [0.29, 0.717) is 5.56 Å². The first-order valence-corrected chi connectivity index (χ1v) is 7.35. The lowest BCUT2D eigenvalue weighted by Gasteiger charge is -2.09. The van der Waals surface area contributed by atoms with Crippen molar-refractivity contribution in [3.8, 4) is 6.07 Å². The predicted octanol–water partition coefficient (Wildman–Crippen LogP) is 4.79. The summed E-state index contributed by atoms with van der Waals surface area (Å²) < 4.78 is 0.905. The zero-order valence-corrected chi connectivity index (χ0v) is 12.2. The molecule has 4 heteroatoms. The molecule has 0 spiro atoms. The second-order valence-corrected chi connectivity index (χ2v) is 5.45. The van der Waals surface area contributed by atoms with Gasteiger partial charge in [0.15, 0.2) is 0 Å². The third-order valence-electron chi connectivity index (χ3n) is 2.45. The van der Waals surface area contributed by atoms with Crippen LogP contribution >= 0.6 is 27.7 Å². The van der Waals surface area contributed by atoms with Crippen molar-refractivity contribution in [2.45, 2.75) is 4.90 Å². The second kappa shape index (κ2) is 5.94. The topological polar surface area (TPSA) is 35.8 Å². The molecular formula is C14H11BrN2S. The molecule has 2 nitrogen and oxygen atoms in total. The number of nitriles is 1. The van der Waals surface area contributed by atoms with E-state index >= 15 is 0 Å². The molecule has 0 aliphatic heterocycles. The van der Waals surface area contributed by atoms with Crippen molar-refractivity contribution in [3.05, 3.63) is 52.5 Å². The van der Waals surface area contributed by atoms with Gasteiger partial charge in [0, 0.05) is 15.1 Å². The van der Waals surface area contributed by atoms with Gasteiger partial charge in [0.25, 0.3) is 0 Å². The first-order chi connectivity index (χ1) is 8.72. The van der Waals surface area contributed by atoms with E-state index in [9.17, 15) is 0 Å². The highest BCUT2D eigenvalue weighted by atomic mass is 79.9. The van der Waals surface area contributed by atoms with Crippen LogP contribution in [-0.4, -0.2) is 6.26 Å². The summed E-state index contributed by atoms with van der Waals surface area (Å²) in [6.07, 6.45) is 2.04. The number of halogens is 1. The van der Waals surface area contributed by atoms with Crippen LogP contribution in [0.4, 0.5) is 11.4 Å². The van der Waals surface area contributed by atoms with Gasteiger partial charge in [-0.25, -0.2) is 0 Å². The number of hydrogen-bond acceptors (Lipinski definition) is 3. The number of benzene rings is 2. The van der Waals surface area contributed by atoms with Crippen molar-refractivity contribution in [2.75, 3.05) is 11.6 Å². The summed E-state index contributed by atoms with van der Waals surface area (Å²) in [6, 6.07) is 15.9. The van der Waals surface area contributed by atoms with Gasteiger partial charge in [-0.15, -0.1) is 11.8 Å². The van der Waals surface area contributed by atoms with Gasteiger partial charge >= 0.3 is 0 Å². The summed E-state index contributed by atoms with van der Waals surface area (Å²) in [7, 11) is 0. The lowest BCUT2D eigenvalue weighted by molar-refractivity contribution is 1.42. The first-order valence-electron chi connectivity index (χ1n) is 5.33. The fourth-order valence-corrected chi connectivity index (χ4v) is 2.39. The summed E-state index contributed by atoms with van der Waals surface area (Å²) in [4.78, 5) is 1.19. The van der Waals surface area contributed by atoms with Gasteiger partial charge in [-0.05, 0) is 42.7 Å². The number of nitrogens with one attached hydrogen (secondary N) is 1. The number of nitrogens with zero attached hydrogens (tertiary/aromatic N) is 1. The minimum Gasteiger partial charge on any atom is -0.354 e. The van der Waals surface area contributed by atoms with Gasteiger partial charge < -0.3 is 5.32 Å². The van der Waals surface area contributed by atoms with E-state index in [1.165, 1.54) is 4.90 Å². The number of rotatable bonds is 3. The van der Waals surface area contributed by atoms with E-state index in [0.717, 1.165) is 15.8 Å². The number of thioether (sulfide) groups is 1. The molecule has 0 aromatic heterocycles. The predicted molar refractivity (Wildman–Crippen MR) is 80.4 cm³/mol. The highest BCUT2D eigenvalue weighted by Gasteiger charge is 2.03. The van der Waals surface area contributed by atoms with E-state index in [4.69, 9.17) is 5.26 Å². The Morgan fingerprint density at radius 3 is 2.78 bits per heavy atom. The fourth-order valence-electron chi connectivity index (χ4n) is 1.57. The molecule has 0 fully saturated rings. The smallest absolute Gasteiger partial charge is 0.101 e. The molecule has 0 amide bonds. The zero-order chi connectivity index (χ0) is 13.0. The van der Waals surface area contributed by atoms with Crippen LogP contribution in [0.15, 0.2) is 51.8 Å². The SMILES string of the molecule is CSc1cccc(Nc2ccc(Br)cc2C#N)c1. The molecule has 18 heavy (non-hydrogen) atoms. The van der Waals surface area contributed by atoms with Crippen molar-refractivity contribution in [1.29, 1.82) is 5.26 Å². The van der Waals surface area contributed by atoms with Crippen LogP contribution in [0.5, 0.6) is 0 Å². The Kier molecular flexibility index (Phi) is 4.29. The van der Waals surface area contributed by atoms with Crippen molar-refractivity contribution >= 4 is 39.1 Å². The van der Waals surface area contributed by atoms with Crippen molar-refractivity contribution in [2.24, 2.45) is 0 Å². The number of anilines is 2. The Labute approximate surface area is 119 Å². The average Bonchev–Trinajstić information content (AvgIpc) is 2.41. The molecule has 0 aliphatic carbocycles. The normalized spacial score (nSPS) is 9.83.